The number of rotatable bonds is 19. The molecule has 2 aromatic carbocycles. The zero-order chi connectivity index (χ0) is 33.4. The number of benzene rings is 2. The van der Waals surface area contributed by atoms with E-state index in [1.807, 2.05) is 60.7 Å². The molecule has 5 N–H and O–H groups in total. The molecular weight excluding hydrogens is 616 g/mol. The number of nitrogens with one attached hydrogen (secondary N) is 4. The molecule has 2 aromatic rings. The van der Waals surface area contributed by atoms with Crippen molar-refractivity contribution >= 4 is 12.2 Å². The third-order valence-electron chi connectivity index (χ3n) is 7.22. The maximum atomic E-state index is 13.0. The minimum absolute atomic E-state index is 0.0629. The van der Waals surface area contributed by atoms with Crippen LogP contribution in [0.25, 0.3) is 0 Å². The van der Waals surface area contributed by atoms with Crippen LogP contribution in [0.5, 0.6) is 0 Å². The van der Waals surface area contributed by atoms with Gasteiger partial charge in [-0.3, -0.25) is 0 Å². The lowest BCUT2D eigenvalue weighted by Gasteiger charge is -2.30. The number of carbonyl (C=O) groups is 2. The monoisotopic (exact) mass is 658 g/mol. The highest BCUT2D eigenvalue weighted by Gasteiger charge is 2.36. The summed E-state index contributed by atoms with van der Waals surface area (Å²) in [6.45, 7) is -0.633. The molecule has 0 saturated carbocycles. The van der Waals surface area contributed by atoms with Gasteiger partial charge in [-0.1, -0.05) is 60.7 Å². The van der Waals surface area contributed by atoms with Crippen LogP contribution in [-0.4, -0.2) is 87.9 Å². The third-order valence-corrected chi connectivity index (χ3v) is 7.22. The molecule has 2 heterocycles. The van der Waals surface area contributed by atoms with Crippen LogP contribution in [-0.2, 0) is 50.9 Å². The van der Waals surface area contributed by atoms with Gasteiger partial charge >= 0.3 is 12.2 Å². The Bertz CT molecular complexity index is 1300. The quantitative estimate of drug-likeness (QED) is 0.139. The Kier molecular flexibility index (Phi) is 13.8. The smallest absolute Gasteiger partial charge is 0.407 e. The Labute approximate surface area is 273 Å². The van der Waals surface area contributed by atoms with E-state index >= 15 is 0 Å². The Morgan fingerprint density at radius 1 is 0.766 bits per heavy atom. The van der Waals surface area contributed by atoms with Crippen molar-refractivity contribution in [3.63, 3.8) is 0 Å². The van der Waals surface area contributed by atoms with E-state index in [9.17, 15) is 14.7 Å². The van der Waals surface area contributed by atoms with Crippen molar-refractivity contribution in [3.8, 4) is 0 Å². The molecule has 0 spiro atoms. The van der Waals surface area contributed by atoms with Crippen LogP contribution in [0.3, 0.4) is 0 Å². The molecule has 2 amide bonds. The number of aliphatic hydroxyl groups is 1. The Morgan fingerprint density at radius 2 is 1.26 bits per heavy atom. The molecule has 15 nitrogen and oxygen atoms in total. The first-order valence-electron chi connectivity index (χ1n) is 14.9. The standard InChI is InChI=1S/C32H42N4O11/c1-40-22-44-31(13-15-46-35-31)20-42-29(38)33-26(17-24-9-5-3-6-10-24)19-28(37)27(18-25-11-7-4-8-12-25)34-30(39)43-21-32(45-23-41-2)14-16-47-36-32/h3-16,26-28,35-37H,17-23H2,1-2H3,(H,33,38)(H,34,39)/t26-,27-,28-,31?,32?/m0/s1. The maximum absolute atomic E-state index is 13.0. The SMILES string of the molecule is COCOC1(COC(=O)N[C@@H](Cc2ccccc2)C[C@H](O)[C@H](Cc2ccccc2)NC(=O)OCC2(OCOC)C=CON2)C=CON1. The average molecular weight is 659 g/mol. The highest BCUT2D eigenvalue weighted by Crippen LogP contribution is 2.19. The molecule has 15 heteroatoms. The van der Waals surface area contributed by atoms with Crippen molar-refractivity contribution in [2.24, 2.45) is 0 Å². The number of alkyl carbamates (subject to hydrolysis) is 2. The van der Waals surface area contributed by atoms with Gasteiger partial charge in [0.1, 0.15) is 39.3 Å². The fourth-order valence-corrected chi connectivity index (χ4v) is 4.79. The molecule has 4 rings (SSSR count). The Hall–Kier alpha value is -4.22. The molecule has 0 aromatic heterocycles. The topological polar surface area (TPSA) is 176 Å². The molecule has 256 valence electrons. The lowest BCUT2D eigenvalue weighted by Crippen LogP contribution is -2.51. The number of hydrogen-bond acceptors (Lipinski definition) is 13. The van der Waals surface area contributed by atoms with Crippen molar-refractivity contribution in [1.29, 1.82) is 0 Å². The van der Waals surface area contributed by atoms with Gasteiger partial charge in [-0.15, -0.1) is 11.0 Å². The molecule has 2 aliphatic rings. The summed E-state index contributed by atoms with van der Waals surface area (Å²) in [4.78, 5) is 36.2. The van der Waals surface area contributed by atoms with E-state index in [2.05, 4.69) is 21.6 Å². The summed E-state index contributed by atoms with van der Waals surface area (Å²) in [5.74, 6) is 0. The van der Waals surface area contributed by atoms with E-state index in [4.69, 9.17) is 38.1 Å². The predicted octanol–water partition coefficient (Wildman–Crippen LogP) is 2.14. The molecule has 47 heavy (non-hydrogen) atoms. The zero-order valence-electron chi connectivity index (χ0n) is 26.3. The highest BCUT2D eigenvalue weighted by molar-refractivity contribution is 5.68. The number of carbonyl (C=O) groups excluding carboxylic acids is 2. The van der Waals surface area contributed by atoms with Crippen molar-refractivity contribution in [2.75, 3.05) is 41.0 Å². The van der Waals surface area contributed by atoms with Gasteiger partial charge < -0.3 is 53.8 Å². The summed E-state index contributed by atoms with van der Waals surface area (Å²) in [6.07, 6.45) is 3.91. The highest BCUT2D eigenvalue weighted by atomic mass is 16.7. The van der Waals surface area contributed by atoms with E-state index in [1.54, 1.807) is 12.2 Å². The van der Waals surface area contributed by atoms with E-state index < -0.39 is 41.8 Å². The summed E-state index contributed by atoms with van der Waals surface area (Å²) in [5, 5.41) is 17.2. The number of amides is 2. The molecule has 0 radical (unpaired) electrons. The first-order chi connectivity index (χ1) is 22.8. The van der Waals surface area contributed by atoms with Crippen LogP contribution in [0.15, 0.2) is 85.3 Å². The minimum Gasteiger partial charge on any atom is -0.444 e. The fourth-order valence-electron chi connectivity index (χ4n) is 4.79. The largest absolute Gasteiger partial charge is 0.444 e. The van der Waals surface area contributed by atoms with Gasteiger partial charge in [0.15, 0.2) is 0 Å². The second kappa shape index (κ2) is 18.2. The zero-order valence-corrected chi connectivity index (χ0v) is 26.3. The normalized spacial score (nSPS) is 21.7. The second-order valence-corrected chi connectivity index (χ2v) is 10.9. The summed E-state index contributed by atoms with van der Waals surface area (Å²) < 4.78 is 32.0. The lowest BCUT2D eigenvalue weighted by molar-refractivity contribution is -0.169. The first-order valence-corrected chi connectivity index (χ1v) is 14.9. The van der Waals surface area contributed by atoms with Gasteiger partial charge in [0.2, 0.25) is 11.4 Å². The van der Waals surface area contributed by atoms with Gasteiger partial charge in [-0.25, -0.2) is 9.59 Å². The van der Waals surface area contributed by atoms with Crippen LogP contribution in [0, 0.1) is 0 Å². The molecule has 0 aliphatic carbocycles. The number of aliphatic hydroxyl groups excluding tert-OH is 1. The van der Waals surface area contributed by atoms with E-state index in [1.165, 1.54) is 26.7 Å². The number of ether oxygens (including phenoxy) is 6. The number of hydroxylamine groups is 2. The summed E-state index contributed by atoms with van der Waals surface area (Å²) >= 11 is 0. The molecular formula is C32H42N4O11. The lowest BCUT2D eigenvalue weighted by atomic mass is 9.94. The Morgan fingerprint density at radius 3 is 1.72 bits per heavy atom. The van der Waals surface area contributed by atoms with Gasteiger partial charge in [0, 0.05) is 32.4 Å². The molecule has 0 fully saturated rings. The summed E-state index contributed by atoms with van der Waals surface area (Å²) in [7, 11) is 2.93. The van der Waals surface area contributed by atoms with Crippen LogP contribution in [0.1, 0.15) is 17.5 Å². The number of hydrogen-bond donors (Lipinski definition) is 5. The number of methoxy groups -OCH3 is 2. The van der Waals surface area contributed by atoms with Crippen LogP contribution >= 0.6 is 0 Å². The molecule has 2 unspecified atom stereocenters. The predicted molar refractivity (Wildman–Crippen MR) is 166 cm³/mol. The first kappa shape index (κ1) is 35.6. The van der Waals surface area contributed by atoms with Crippen molar-refractivity contribution in [3.05, 3.63) is 96.5 Å². The van der Waals surface area contributed by atoms with Crippen molar-refractivity contribution in [2.45, 2.75) is 48.9 Å². The summed E-state index contributed by atoms with van der Waals surface area (Å²) in [5.41, 5.74) is 4.61. The van der Waals surface area contributed by atoms with Crippen molar-refractivity contribution in [1.82, 2.24) is 21.6 Å². The molecule has 2 aliphatic heterocycles. The van der Waals surface area contributed by atoms with Gasteiger partial charge in [0.05, 0.1) is 12.1 Å². The minimum atomic E-state index is -1.24. The van der Waals surface area contributed by atoms with E-state index in [-0.39, 0.29) is 39.6 Å². The molecule has 5 atom stereocenters. The molecule has 0 saturated heterocycles. The summed E-state index contributed by atoms with van der Waals surface area (Å²) in [6, 6.07) is 17.5. The van der Waals surface area contributed by atoms with Gasteiger partial charge in [0.25, 0.3) is 0 Å². The van der Waals surface area contributed by atoms with Crippen molar-refractivity contribution < 1.29 is 52.8 Å². The van der Waals surface area contributed by atoms with Crippen LogP contribution < -0.4 is 21.6 Å². The fraction of sp³-hybridized carbons (Fsp3) is 0.438. The van der Waals surface area contributed by atoms with Crippen LogP contribution in [0.4, 0.5) is 9.59 Å². The third kappa shape index (κ3) is 11.5. The van der Waals surface area contributed by atoms with Gasteiger partial charge in [-0.05, 0) is 30.4 Å². The van der Waals surface area contributed by atoms with E-state index in [0.29, 0.717) is 6.42 Å². The maximum Gasteiger partial charge on any atom is 0.407 e. The average Bonchev–Trinajstić information content (AvgIpc) is 3.76. The second-order valence-electron chi connectivity index (χ2n) is 10.9. The van der Waals surface area contributed by atoms with Gasteiger partial charge in [-0.2, -0.15) is 0 Å². The van der Waals surface area contributed by atoms with E-state index in [0.717, 1.165) is 11.1 Å². The Balaban J connectivity index is 1.43. The molecule has 0 bridgehead atoms. The van der Waals surface area contributed by atoms with Crippen LogP contribution in [0.2, 0.25) is 0 Å².